The lowest BCUT2D eigenvalue weighted by molar-refractivity contribution is -0.314. The summed E-state index contributed by atoms with van der Waals surface area (Å²) in [5.74, 6) is -2.54. The molecule has 108 valence electrons. The summed E-state index contributed by atoms with van der Waals surface area (Å²) in [5.41, 5.74) is 0.573. The molecule has 1 saturated heterocycles. The first-order valence-electron chi connectivity index (χ1n) is 6.44. The number of carboxylic acids is 1. The fourth-order valence-electron chi connectivity index (χ4n) is 2.23. The maximum Gasteiger partial charge on any atom is 0.225 e. The Kier molecular flexibility index (Phi) is 4.98. The van der Waals surface area contributed by atoms with Crippen LogP contribution in [0.1, 0.15) is 19.3 Å². The molecule has 1 aromatic carbocycles. The highest BCUT2D eigenvalue weighted by Gasteiger charge is 2.28. The van der Waals surface area contributed by atoms with Crippen LogP contribution in [-0.2, 0) is 14.3 Å². The number of aliphatic carboxylic acids is 1. The molecular formula is C14H15ClNO4-. The van der Waals surface area contributed by atoms with E-state index >= 15 is 0 Å². The van der Waals surface area contributed by atoms with Crippen LogP contribution in [0.25, 0.3) is 0 Å². The number of amides is 1. The van der Waals surface area contributed by atoms with E-state index in [1.54, 1.807) is 24.3 Å². The number of anilines is 1. The Morgan fingerprint density at radius 2 is 2.10 bits per heavy atom. The van der Waals surface area contributed by atoms with Gasteiger partial charge in [-0.15, -0.1) is 0 Å². The quantitative estimate of drug-likeness (QED) is 0.886. The summed E-state index contributed by atoms with van der Waals surface area (Å²) in [6.07, 6.45) is 0.867. The number of hydrogen-bond donors (Lipinski definition) is 1. The fraction of sp³-hybridized carbons (Fsp3) is 0.429. The molecule has 0 spiro atoms. The van der Waals surface area contributed by atoms with Crippen LogP contribution < -0.4 is 10.4 Å². The summed E-state index contributed by atoms with van der Waals surface area (Å²) in [5, 5.41) is 14.3. The van der Waals surface area contributed by atoms with Crippen LogP contribution in [0, 0.1) is 5.92 Å². The number of benzene rings is 1. The highest BCUT2D eigenvalue weighted by molar-refractivity contribution is 6.30. The van der Waals surface area contributed by atoms with Gasteiger partial charge in [0.25, 0.3) is 0 Å². The van der Waals surface area contributed by atoms with Crippen LogP contribution >= 0.6 is 11.6 Å². The number of halogens is 1. The van der Waals surface area contributed by atoms with Crippen LogP contribution in [0.2, 0.25) is 5.02 Å². The Bertz CT molecular complexity index is 482. The maximum absolute atomic E-state index is 11.9. The molecule has 5 nitrogen and oxygen atoms in total. The first-order chi connectivity index (χ1) is 9.56. The van der Waals surface area contributed by atoms with Gasteiger partial charge in [0.1, 0.15) is 0 Å². The van der Waals surface area contributed by atoms with Gasteiger partial charge >= 0.3 is 0 Å². The van der Waals surface area contributed by atoms with Gasteiger partial charge in [-0.05, 0) is 37.1 Å². The second-order valence-electron chi connectivity index (χ2n) is 4.74. The van der Waals surface area contributed by atoms with Gasteiger partial charge in [-0.1, -0.05) is 11.6 Å². The predicted octanol–water partition coefficient (Wildman–Crippen LogP) is 1.21. The SMILES string of the molecule is O=C(C[C@@H](C(=O)[O-])[C@H]1CCCO1)Nc1ccc(Cl)cc1. The lowest BCUT2D eigenvalue weighted by atomic mass is 9.96. The van der Waals surface area contributed by atoms with Crippen LogP contribution in [-0.4, -0.2) is 24.6 Å². The van der Waals surface area contributed by atoms with E-state index in [0.29, 0.717) is 23.7 Å². The molecule has 1 aliphatic rings. The van der Waals surface area contributed by atoms with E-state index in [2.05, 4.69) is 5.32 Å². The highest BCUT2D eigenvalue weighted by Crippen LogP contribution is 2.23. The summed E-state index contributed by atoms with van der Waals surface area (Å²) < 4.78 is 5.32. The Morgan fingerprint density at radius 1 is 1.40 bits per heavy atom. The molecule has 0 radical (unpaired) electrons. The van der Waals surface area contributed by atoms with Gasteiger partial charge < -0.3 is 20.0 Å². The number of rotatable bonds is 5. The molecule has 2 atom stereocenters. The van der Waals surface area contributed by atoms with Crippen LogP contribution in [0.5, 0.6) is 0 Å². The van der Waals surface area contributed by atoms with Gasteiger partial charge in [-0.25, -0.2) is 0 Å². The Labute approximate surface area is 121 Å². The smallest absolute Gasteiger partial charge is 0.225 e. The molecule has 0 unspecified atom stereocenters. The molecule has 0 saturated carbocycles. The summed E-state index contributed by atoms with van der Waals surface area (Å²) in [6, 6.07) is 6.60. The molecule has 1 aromatic rings. The summed E-state index contributed by atoms with van der Waals surface area (Å²) in [4.78, 5) is 23.0. The second kappa shape index (κ2) is 6.72. The van der Waals surface area contributed by atoms with Gasteiger partial charge in [0.05, 0.1) is 6.10 Å². The van der Waals surface area contributed by atoms with E-state index in [1.165, 1.54) is 0 Å². The second-order valence-corrected chi connectivity index (χ2v) is 5.17. The average molecular weight is 297 g/mol. The zero-order valence-electron chi connectivity index (χ0n) is 10.8. The minimum atomic E-state index is -1.25. The third-order valence-electron chi connectivity index (χ3n) is 3.25. The van der Waals surface area contributed by atoms with Crippen molar-refractivity contribution in [1.82, 2.24) is 0 Å². The van der Waals surface area contributed by atoms with Crippen molar-refractivity contribution in [2.45, 2.75) is 25.4 Å². The monoisotopic (exact) mass is 296 g/mol. The molecule has 1 aliphatic heterocycles. The molecule has 6 heteroatoms. The lowest BCUT2D eigenvalue weighted by Crippen LogP contribution is -2.40. The van der Waals surface area contributed by atoms with Gasteiger partial charge in [0.2, 0.25) is 5.91 Å². The molecule has 1 N–H and O–H groups in total. The molecular weight excluding hydrogens is 282 g/mol. The van der Waals surface area contributed by atoms with Gasteiger partial charge in [-0.2, -0.15) is 0 Å². The first-order valence-corrected chi connectivity index (χ1v) is 6.82. The number of carbonyl (C=O) groups excluding carboxylic acids is 2. The van der Waals surface area contributed by atoms with Crippen molar-refractivity contribution in [2.75, 3.05) is 11.9 Å². The zero-order chi connectivity index (χ0) is 14.5. The van der Waals surface area contributed by atoms with E-state index in [0.717, 1.165) is 6.42 Å². The number of nitrogens with one attached hydrogen (secondary N) is 1. The molecule has 1 heterocycles. The van der Waals surface area contributed by atoms with E-state index in [1.807, 2.05) is 0 Å². The van der Waals surface area contributed by atoms with Gasteiger partial charge in [0, 0.05) is 35.6 Å². The predicted molar refractivity (Wildman–Crippen MR) is 72.2 cm³/mol. The number of carbonyl (C=O) groups is 2. The molecule has 2 rings (SSSR count). The van der Waals surface area contributed by atoms with Crippen LogP contribution in [0.4, 0.5) is 5.69 Å². The van der Waals surface area contributed by atoms with Crippen molar-refractivity contribution < 1.29 is 19.4 Å². The molecule has 0 aliphatic carbocycles. The van der Waals surface area contributed by atoms with Crippen molar-refractivity contribution >= 4 is 29.2 Å². The van der Waals surface area contributed by atoms with Gasteiger partial charge in [0.15, 0.2) is 0 Å². The van der Waals surface area contributed by atoms with Crippen LogP contribution in [0.15, 0.2) is 24.3 Å². The van der Waals surface area contributed by atoms with Crippen molar-refractivity contribution in [1.29, 1.82) is 0 Å². The minimum absolute atomic E-state index is 0.157. The number of ether oxygens (including phenoxy) is 1. The Balaban J connectivity index is 1.94. The maximum atomic E-state index is 11.9. The fourth-order valence-corrected chi connectivity index (χ4v) is 2.36. The van der Waals surface area contributed by atoms with E-state index in [4.69, 9.17) is 16.3 Å². The summed E-state index contributed by atoms with van der Waals surface area (Å²) in [7, 11) is 0. The topological polar surface area (TPSA) is 78.5 Å². The zero-order valence-corrected chi connectivity index (χ0v) is 11.6. The third kappa shape index (κ3) is 3.95. The third-order valence-corrected chi connectivity index (χ3v) is 3.50. The van der Waals surface area contributed by atoms with Crippen molar-refractivity contribution in [3.05, 3.63) is 29.3 Å². The van der Waals surface area contributed by atoms with Crippen molar-refractivity contribution in [2.24, 2.45) is 5.92 Å². The highest BCUT2D eigenvalue weighted by atomic mass is 35.5. The molecule has 0 aromatic heterocycles. The van der Waals surface area contributed by atoms with E-state index < -0.39 is 18.0 Å². The summed E-state index contributed by atoms with van der Waals surface area (Å²) >= 11 is 5.74. The van der Waals surface area contributed by atoms with E-state index in [-0.39, 0.29) is 12.3 Å². The normalized spacial score (nSPS) is 19.6. The molecule has 20 heavy (non-hydrogen) atoms. The molecule has 1 amide bonds. The molecule has 0 bridgehead atoms. The largest absolute Gasteiger partial charge is 0.550 e. The van der Waals surface area contributed by atoms with Gasteiger partial charge in [-0.3, -0.25) is 4.79 Å². The van der Waals surface area contributed by atoms with Crippen LogP contribution in [0.3, 0.4) is 0 Å². The lowest BCUT2D eigenvalue weighted by Gasteiger charge is -2.23. The van der Waals surface area contributed by atoms with Crippen molar-refractivity contribution in [3.63, 3.8) is 0 Å². The number of hydrogen-bond acceptors (Lipinski definition) is 4. The Hall–Kier alpha value is -1.59. The standard InChI is InChI=1S/C14H16ClNO4/c15-9-3-5-10(6-4-9)16-13(17)8-11(14(18)19)12-2-1-7-20-12/h3-6,11-12H,1-2,7-8H2,(H,16,17)(H,18,19)/p-1/t11-,12-/m1/s1. The summed E-state index contributed by atoms with van der Waals surface area (Å²) in [6.45, 7) is 0.535. The molecule has 1 fully saturated rings. The average Bonchev–Trinajstić information content (AvgIpc) is 2.92. The minimum Gasteiger partial charge on any atom is -0.550 e. The van der Waals surface area contributed by atoms with E-state index in [9.17, 15) is 14.7 Å². The first kappa shape index (κ1) is 14.8. The van der Waals surface area contributed by atoms with Crippen molar-refractivity contribution in [3.8, 4) is 0 Å². The number of carboxylic acid groups (broad SMARTS) is 1. The Morgan fingerprint density at radius 3 is 2.65 bits per heavy atom.